The van der Waals surface area contributed by atoms with Crippen LogP contribution in [-0.2, 0) is 4.74 Å². The van der Waals surface area contributed by atoms with Crippen molar-refractivity contribution < 1.29 is 19.7 Å². The number of hydrogen-bond donors (Lipinski definition) is 2. The van der Waals surface area contributed by atoms with Crippen LogP contribution in [-0.4, -0.2) is 23.0 Å². The fourth-order valence-corrected chi connectivity index (χ4v) is 0.144. The molecule has 0 saturated heterocycles. The lowest BCUT2D eigenvalue weighted by atomic mass is 10.8. The Hall–Kier alpha value is -1.37. The van der Waals surface area contributed by atoms with Crippen molar-refractivity contribution in [1.82, 2.24) is 0 Å². The third kappa shape index (κ3) is 79.1. The van der Waals surface area contributed by atoms with E-state index in [1.54, 1.807) is 6.92 Å². The summed E-state index contributed by atoms with van der Waals surface area (Å²) in [5.41, 5.74) is 0. The van der Waals surface area contributed by atoms with Gasteiger partial charge in [-0.15, -0.1) is 0 Å². The molecule has 4 heteroatoms. The lowest BCUT2D eigenvalue weighted by Crippen LogP contribution is -1.81. The molecule has 0 spiro atoms. The Balaban J connectivity index is 0. The van der Waals surface area contributed by atoms with Gasteiger partial charge in [0.1, 0.15) is 6.11 Å². The van der Waals surface area contributed by atoms with Crippen LogP contribution in [0.15, 0.2) is 0 Å². The van der Waals surface area contributed by atoms with E-state index in [4.69, 9.17) is 15.0 Å². The molecule has 4 nitrogen and oxygen atoms in total. The number of ether oxygens (including phenoxy) is 1. The molecule has 0 bridgehead atoms. The number of hydrogen-bond acceptors (Lipinski definition) is 2. The van der Waals surface area contributed by atoms with Gasteiger partial charge in [0.25, 0.3) is 0 Å². The van der Waals surface area contributed by atoms with Crippen LogP contribution in [0.3, 0.4) is 0 Å². The summed E-state index contributed by atoms with van der Waals surface area (Å²) in [7, 11) is 0. The van der Waals surface area contributed by atoms with Crippen LogP contribution in [0, 0.1) is 12.0 Å². The minimum absolute atomic E-state index is 0.681. The molecule has 0 rings (SSSR count). The minimum Gasteiger partial charge on any atom is -0.450 e. The fourth-order valence-electron chi connectivity index (χ4n) is 0.144. The lowest BCUT2D eigenvalue weighted by Gasteiger charge is -1.80. The highest BCUT2D eigenvalue weighted by atomic mass is 16.6. The maximum Gasteiger partial charge on any atom is 0.503 e. The Kier molecular flexibility index (Phi) is 12.1. The van der Waals surface area contributed by atoms with E-state index in [2.05, 4.69) is 16.8 Å². The van der Waals surface area contributed by atoms with Gasteiger partial charge in [-0.2, -0.15) is 0 Å². The van der Waals surface area contributed by atoms with E-state index in [0.717, 1.165) is 0 Å². The predicted molar refractivity (Wildman–Crippen MR) is 35.7 cm³/mol. The van der Waals surface area contributed by atoms with Gasteiger partial charge in [0.2, 0.25) is 0 Å². The zero-order valence-corrected chi connectivity index (χ0v) is 5.92. The Morgan fingerprint density at radius 2 is 2.00 bits per heavy atom. The van der Waals surface area contributed by atoms with Gasteiger partial charge < -0.3 is 14.9 Å². The Bertz CT molecular complexity index is 126. The molecule has 0 atom stereocenters. The van der Waals surface area contributed by atoms with E-state index in [-0.39, 0.29) is 0 Å². The SMILES string of the molecule is CC#COCC.O=C(O)O. The van der Waals surface area contributed by atoms with E-state index in [1.807, 2.05) is 6.92 Å². The van der Waals surface area contributed by atoms with E-state index < -0.39 is 6.16 Å². The highest BCUT2D eigenvalue weighted by molar-refractivity contribution is 5.53. The molecule has 0 aromatic carbocycles. The summed E-state index contributed by atoms with van der Waals surface area (Å²) in [6.07, 6.45) is 0.615. The molecular formula is C6H10O4. The van der Waals surface area contributed by atoms with Crippen molar-refractivity contribution >= 4 is 6.16 Å². The average Bonchev–Trinajstić information content (AvgIpc) is 1.82. The van der Waals surface area contributed by atoms with Crippen LogP contribution in [0.1, 0.15) is 13.8 Å². The molecular weight excluding hydrogens is 136 g/mol. The zero-order valence-electron chi connectivity index (χ0n) is 5.92. The quantitative estimate of drug-likeness (QED) is 0.546. The summed E-state index contributed by atoms with van der Waals surface area (Å²) in [6, 6.07) is 0. The smallest absolute Gasteiger partial charge is 0.450 e. The van der Waals surface area contributed by atoms with Gasteiger partial charge in [-0.3, -0.25) is 0 Å². The van der Waals surface area contributed by atoms with Gasteiger partial charge >= 0.3 is 6.16 Å². The Labute approximate surface area is 59.4 Å². The molecule has 0 unspecified atom stereocenters. The maximum absolute atomic E-state index is 8.56. The summed E-state index contributed by atoms with van der Waals surface area (Å²) in [6.45, 7) is 4.33. The van der Waals surface area contributed by atoms with Crippen molar-refractivity contribution in [2.75, 3.05) is 6.61 Å². The normalized spacial score (nSPS) is 5.80. The standard InChI is InChI=1S/C5H8O.CH2O3/c1-3-5-6-4-2;2-1(3)4/h4H2,1-2H3;(H2,2,3,4). The molecule has 0 radical (unpaired) electrons. The third-order valence-corrected chi connectivity index (χ3v) is 0.319. The highest BCUT2D eigenvalue weighted by Crippen LogP contribution is 1.61. The summed E-state index contributed by atoms with van der Waals surface area (Å²) in [5, 5.41) is 13.9. The van der Waals surface area contributed by atoms with Crippen LogP contribution in [0.2, 0.25) is 0 Å². The Morgan fingerprint density at radius 1 is 1.60 bits per heavy atom. The molecule has 0 aromatic rings. The van der Waals surface area contributed by atoms with E-state index in [9.17, 15) is 0 Å². The molecule has 0 fully saturated rings. The highest BCUT2D eigenvalue weighted by Gasteiger charge is 1.70. The first-order chi connectivity index (χ1) is 4.65. The van der Waals surface area contributed by atoms with Crippen molar-refractivity contribution in [3.8, 4) is 12.0 Å². The number of rotatable bonds is 1. The second-order valence-electron chi connectivity index (χ2n) is 1.07. The Morgan fingerprint density at radius 3 is 2.10 bits per heavy atom. The van der Waals surface area contributed by atoms with Gasteiger partial charge in [0, 0.05) is 6.92 Å². The van der Waals surface area contributed by atoms with E-state index in [0.29, 0.717) is 6.61 Å². The molecule has 0 aliphatic heterocycles. The monoisotopic (exact) mass is 146 g/mol. The maximum atomic E-state index is 8.56. The first-order valence-electron chi connectivity index (χ1n) is 2.60. The van der Waals surface area contributed by atoms with Crippen LogP contribution < -0.4 is 0 Å². The van der Waals surface area contributed by atoms with Crippen LogP contribution in [0.25, 0.3) is 0 Å². The predicted octanol–water partition coefficient (Wildman–Crippen LogP) is 1.23. The van der Waals surface area contributed by atoms with Crippen molar-refractivity contribution in [2.45, 2.75) is 13.8 Å². The first kappa shape index (κ1) is 11.4. The molecule has 0 aromatic heterocycles. The van der Waals surface area contributed by atoms with Crippen LogP contribution in [0.5, 0.6) is 0 Å². The average molecular weight is 146 g/mol. The van der Waals surface area contributed by atoms with Gasteiger partial charge in [0.15, 0.2) is 0 Å². The molecule has 58 valence electrons. The zero-order chi connectivity index (χ0) is 8.41. The molecule has 0 amide bonds. The van der Waals surface area contributed by atoms with Gasteiger partial charge in [0.05, 0.1) is 6.61 Å². The first-order valence-corrected chi connectivity index (χ1v) is 2.60. The lowest BCUT2D eigenvalue weighted by molar-refractivity contribution is 0.137. The van der Waals surface area contributed by atoms with E-state index >= 15 is 0 Å². The summed E-state index contributed by atoms with van der Waals surface area (Å²) >= 11 is 0. The van der Waals surface area contributed by atoms with E-state index in [1.165, 1.54) is 0 Å². The van der Waals surface area contributed by atoms with Gasteiger partial charge in [-0.25, -0.2) is 4.79 Å². The number of carboxylic acid groups (broad SMARTS) is 2. The second kappa shape index (κ2) is 10.6. The largest absolute Gasteiger partial charge is 0.503 e. The molecule has 0 heterocycles. The topological polar surface area (TPSA) is 66.8 Å². The van der Waals surface area contributed by atoms with Crippen molar-refractivity contribution in [3.05, 3.63) is 0 Å². The summed E-state index contributed by atoms with van der Waals surface area (Å²) < 4.78 is 4.62. The summed E-state index contributed by atoms with van der Waals surface area (Å²) in [4.78, 5) is 8.56. The molecule has 0 aliphatic carbocycles. The third-order valence-electron chi connectivity index (χ3n) is 0.319. The van der Waals surface area contributed by atoms with Crippen LogP contribution >= 0.6 is 0 Å². The molecule has 0 saturated carbocycles. The van der Waals surface area contributed by atoms with Crippen molar-refractivity contribution in [3.63, 3.8) is 0 Å². The molecule has 10 heavy (non-hydrogen) atoms. The van der Waals surface area contributed by atoms with Gasteiger partial charge in [-0.1, -0.05) is 5.92 Å². The number of carbonyl (C=O) groups is 1. The summed E-state index contributed by atoms with van der Waals surface area (Å²) in [5.74, 6) is 2.60. The second-order valence-corrected chi connectivity index (χ2v) is 1.07. The van der Waals surface area contributed by atoms with Crippen molar-refractivity contribution in [2.24, 2.45) is 0 Å². The minimum atomic E-state index is -1.83. The molecule has 2 N–H and O–H groups in total. The fraction of sp³-hybridized carbons (Fsp3) is 0.500. The van der Waals surface area contributed by atoms with Crippen LogP contribution in [0.4, 0.5) is 4.79 Å². The van der Waals surface area contributed by atoms with Crippen molar-refractivity contribution in [1.29, 1.82) is 0 Å². The van der Waals surface area contributed by atoms with Gasteiger partial charge in [-0.05, 0) is 6.92 Å². The molecule has 0 aliphatic rings.